The van der Waals surface area contributed by atoms with Crippen LogP contribution in [0.15, 0.2) is 0 Å². The summed E-state index contributed by atoms with van der Waals surface area (Å²) in [6.07, 6.45) is 0. The lowest BCUT2D eigenvalue weighted by Gasteiger charge is -2.25. The van der Waals surface area contributed by atoms with Crippen molar-refractivity contribution in [3.8, 4) is 0 Å². The molecule has 10 heteroatoms. The summed E-state index contributed by atoms with van der Waals surface area (Å²) in [7, 11) is 7.79. The highest BCUT2D eigenvalue weighted by molar-refractivity contribution is 8.77. The second-order valence-electron chi connectivity index (χ2n) is 3.12. The van der Waals surface area contributed by atoms with Crippen molar-refractivity contribution in [3.05, 3.63) is 0 Å². The molecule has 0 fully saturated rings. The lowest BCUT2D eigenvalue weighted by atomic mass is 11.8. The Morgan fingerprint density at radius 1 is 0.556 bits per heavy atom. The molecule has 0 saturated heterocycles. The van der Waals surface area contributed by atoms with Crippen molar-refractivity contribution in [3.63, 3.8) is 0 Å². The van der Waals surface area contributed by atoms with Crippen LogP contribution in [-0.4, -0.2) is 71.0 Å². The number of rotatable bonds is 11. The van der Waals surface area contributed by atoms with Crippen LogP contribution in [0.25, 0.3) is 0 Å². The molecule has 0 rings (SSSR count). The Kier molecular flexibility index (Phi) is 10.2. The fourth-order valence-electron chi connectivity index (χ4n) is 1.08. The Morgan fingerprint density at radius 2 is 0.778 bits per heavy atom. The zero-order chi connectivity index (χ0) is 14.1. The van der Waals surface area contributed by atoms with Crippen LogP contribution in [-0.2, 0) is 26.6 Å². The molecular weight excluding hydrogens is 312 g/mol. The summed E-state index contributed by atoms with van der Waals surface area (Å²) in [4.78, 5) is 0. The summed E-state index contributed by atoms with van der Waals surface area (Å²) in [6, 6.07) is 0. The number of hydrogen-bond acceptors (Lipinski definition) is 8. The topological polar surface area (TPSA) is 55.4 Å². The third-order valence-corrected chi connectivity index (χ3v) is 12.7. The van der Waals surface area contributed by atoms with Crippen LogP contribution < -0.4 is 0 Å². The first-order valence-electron chi connectivity index (χ1n) is 5.13. The summed E-state index contributed by atoms with van der Waals surface area (Å²) >= 11 is 0. The Bertz CT molecular complexity index is 177. The molecule has 0 saturated carbocycles. The normalized spacial score (nSPS) is 13.0. The van der Waals surface area contributed by atoms with E-state index in [1.165, 1.54) is 0 Å². The molecule has 0 unspecified atom stereocenters. The average Bonchev–Trinajstić information content (AvgIpc) is 2.45. The summed E-state index contributed by atoms with van der Waals surface area (Å²) in [5.41, 5.74) is 0. The van der Waals surface area contributed by atoms with Crippen LogP contribution in [0.5, 0.6) is 0 Å². The van der Waals surface area contributed by atoms with Gasteiger partial charge >= 0.3 is 17.6 Å². The molecule has 0 N–H and O–H groups in total. The first-order chi connectivity index (χ1) is 8.57. The van der Waals surface area contributed by atoms with E-state index in [0.29, 0.717) is 10.8 Å². The van der Waals surface area contributed by atoms with Gasteiger partial charge in [0.05, 0.1) is 10.8 Å². The van der Waals surface area contributed by atoms with Gasteiger partial charge in [-0.05, 0) is 0 Å². The largest absolute Gasteiger partial charge is 0.511 e. The van der Waals surface area contributed by atoms with Crippen LogP contribution in [0, 0.1) is 0 Å². The predicted octanol–water partition coefficient (Wildman–Crippen LogP) is 1.20. The molecule has 0 aliphatic rings. The molecule has 0 aliphatic carbocycles. The SMILES string of the molecule is CO[Si](CSSC[Si](OC)(OC)OC)(OC)OC. The Morgan fingerprint density at radius 3 is 0.944 bits per heavy atom. The van der Waals surface area contributed by atoms with E-state index >= 15 is 0 Å². The van der Waals surface area contributed by atoms with Gasteiger partial charge in [-0.15, -0.1) is 0 Å². The van der Waals surface area contributed by atoms with Gasteiger partial charge in [0.15, 0.2) is 0 Å². The quantitative estimate of drug-likeness (QED) is 0.317. The standard InChI is InChI=1S/C8H22O6S2Si2/c1-9-17(10-2,11-3)7-15-16-8-18(12-4,13-5)14-6/h7-8H2,1-6H3. The molecule has 0 spiro atoms. The summed E-state index contributed by atoms with van der Waals surface area (Å²) in [6.45, 7) is 0. The van der Waals surface area contributed by atoms with Crippen molar-refractivity contribution in [1.82, 2.24) is 0 Å². The minimum absolute atomic E-state index is 0.656. The van der Waals surface area contributed by atoms with Crippen molar-refractivity contribution < 1.29 is 26.6 Å². The third kappa shape index (κ3) is 5.48. The number of hydrogen-bond donors (Lipinski definition) is 0. The minimum Gasteiger partial charge on any atom is -0.376 e. The van der Waals surface area contributed by atoms with Crippen molar-refractivity contribution in [2.24, 2.45) is 0 Å². The first-order valence-corrected chi connectivity index (χ1v) is 11.5. The van der Waals surface area contributed by atoms with Crippen molar-refractivity contribution in [1.29, 1.82) is 0 Å². The zero-order valence-corrected chi connectivity index (χ0v) is 15.3. The smallest absolute Gasteiger partial charge is 0.376 e. The fraction of sp³-hybridized carbons (Fsp3) is 1.00. The maximum absolute atomic E-state index is 5.33. The molecule has 0 bridgehead atoms. The van der Waals surface area contributed by atoms with Gasteiger partial charge in [-0.3, -0.25) is 0 Å². The van der Waals surface area contributed by atoms with Crippen molar-refractivity contribution in [2.45, 2.75) is 0 Å². The van der Waals surface area contributed by atoms with Crippen LogP contribution in [0.4, 0.5) is 0 Å². The molecule has 0 aliphatic heterocycles. The van der Waals surface area contributed by atoms with Gasteiger partial charge in [-0.1, -0.05) is 21.6 Å². The molecule has 0 heterocycles. The van der Waals surface area contributed by atoms with E-state index < -0.39 is 17.6 Å². The Balaban J connectivity index is 4.11. The average molecular weight is 335 g/mol. The van der Waals surface area contributed by atoms with Gasteiger partial charge in [-0.25, -0.2) is 0 Å². The van der Waals surface area contributed by atoms with Gasteiger partial charge in [0.25, 0.3) is 0 Å². The summed E-state index contributed by atoms with van der Waals surface area (Å²) < 4.78 is 32.0. The van der Waals surface area contributed by atoms with E-state index in [4.69, 9.17) is 26.6 Å². The van der Waals surface area contributed by atoms with Crippen molar-refractivity contribution >= 4 is 39.2 Å². The fourth-order valence-corrected chi connectivity index (χ4v) is 10.8. The van der Waals surface area contributed by atoms with E-state index in [1.54, 1.807) is 64.2 Å². The highest BCUT2D eigenvalue weighted by Crippen LogP contribution is 2.29. The van der Waals surface area contributed by atoms with Crippen LogP contribution in [0.2, 0.25) is 0 Å². The van der Waals surface area contributed by atoms with Crippen molar-refractivity contribution in [2.75, 3.05) is 53.4 Å². The Labute approximate surface area is 119 Å². The molecule has 0 aromatic rings. The molecule has 0 atom stereocenters. The summed E-state index contributed by atoms with van der Waals surface area (Å²) in [5, 5.41) is 1.31. The van der Waals surface area contributed by atoms with Gasteiger partial charge in [0, 0.05) is 42.7 Å². The zero-order valence-electron chi connectivity index (χ0n) is 11.7. The van der Waals surface area contributed by atoms with Gasteiger partial charge in [-0.2, -0.15) is 0 Å². The lowest BCUT2D eigenvalue weighted by molar-refractivity contribution is 0.130. The molecule has 0 radical (unpaired) electrons. The van der Waals surface area contributed by atoms with Crippen LogP contribution >= 0.6 is 21.6 Å². The maximum Gasteiger partial charge on any atom is 0.511 e. The Hall–Kier alpha value is 0.894. The monoisotopic (exact) mass is 334 g/mol. The second kappa shape index (κ2) is 9.74. The predicted molar refractivity (Wildman–Crippen MR) is 78.5 cm³/mol. The summed E-state index contributed by atoms with van der Waals surface area (Å²) in [5.74, 6) is 0. The van der Waals surface area contributed by atoms with E-state index in [-0.39, 0.29) is 0 Å². The van der Waals surface area contributed by atoms with E-state index in [0.717, 1.165) is 0 Å². The molecule has 0 aromatic carbocycles. The van der Waals surface area contributed by atoms with Gasteiger partial charge < -0.3 is 26.6 Å². The van der Waals surface area contributed by atoms with Crippen LogP contribution in [0.3, 0.4) is 0 Å². The first kappa shape index (κ1) is 18.9. The van der Waals surface area contributed by atoms with Crippen LogP contribution in [0.1, 0.15) is 0 Å². The van der Waals surface area contributed by atoms with Gasteiger partial charge in [0.2, 0.25) is 0 Å². The van der Waals surface area contributed by atoms with E-state index in [1.807, 2.05) is 0 Å². The second-order valence-corrected chi connectivity index (χ2v) is 12.5. The maximum atomic E-state index is 5.33. The highest BCUT2D eigenvalue weighted by Gasteiger charge is 2.41. The molecular formula is C8H22O6S2Si2. The molecule has 6 nitrogen and oxygen atoms in total. The third-order valence-electron chi connectivity index (χ3n) is 2.42. The van der Waals surface area contributed by atoms with E-state index in [2.05, 4.69) is 0 Å². The molecule has 110 valence electrons. The van der Waals surface area contributed by atoms with Gasteiger partial charge in [0.1, 0.15) is 0 Å². The minimum atomic E-state index is -2.51. The molecule has 18 heavy (non-hydrogen) atoms. The van der Waals surface area contributed by atoms with E-state index in [9.17, 15) is 0 Å². The highest BCUT2D eigenvalue weighted by atomic mass is 33.1. The molecule has 0 aromatic heterocycles. The molecule has 0 amide bonds. The lowest BCUT2D eigenvalue weighted by Crippen LogP contribution is -2.47.